The third kappa shape index (κ3) is 2.93. The Morgan fingerprint density at radius 3 is 2.61 bits per heavy atom. The van der Waals surface area contributed by atoms with E-state index >= 15 is 0 Å². The van der Waals surface area contributed by atoms with Crippen LogP contribution in [0.25, 0.3) is 5.76 Å². The molecule has 0 fully saturated rings. The van der Waals surface area contributed by atoms with Crippen LogP contribution in [-0.4, -0.2) is 12.0 Å². The predicted molar refractivity (Wildman–Crippen MR) is 84.0 cm³/mol. The molecule has 0 amide bonds. The summed E-state index contributed by atoms with van der Waals surface area (Å²) in [4.78, 5) is 10.4. The second-order valence-electron chi connectivity index (χ2n) is 4.73. The first-order chi connectivity index (χ1) is 11.1. The number of hydrogen-bond donors (Lipinski definition) is 0. The maximum absolute atomic E-state index is 10.9. The van der Waals surface area contributed by atoms with Crippen LogP contribution in [0.15, 0.2) is 48.7 Å². The zero-order valence-electron chi connectivity index (χ0n) is 12.1. The van der Waals surface area contributed by atoms with Gasteiger partial charge in [0.15, 0.2) is 5.76 Å². The van der Waals surface area contributed by atoms with Gasteiger partial charge >= 0.3 is 0 Å². The van der Waals surface area contributed by atoms with E-state index < -0.39 is 11.2 Å². The van der Waals surface area contributed by atoms with Crippen molar-refractivity contribution in [3.05, 3.63) is 75.0 Å². The number of nitrogens with zero attached hydrogens (tertiary/aromatic N) is 1. The van der Waals surface area contributed by atoms with Crippen LogP contribution in [0.1, 0.15) is 17.4 Å². The fourth-order valence-electron chi connectivity index (χ4n) is 2.18. The molecule has 6 nitrogen and oxygen atoms in total. The second-order valence-corrected chi connectivity index (χ2v) is 5.11. The van der Waals surface area contributed by atoms with Gasteiger partial charge in [-0.25, -0.2) is 0 Å². The molecule has 0 N–H and O–H groups in total. The van der Waals surface area contributed by atoms with E-state index in [0.717, 1.165) is 11.3 Å². The van der Waals surface area contributed by atoms with Gasteiger partial charge in [-0.2, -0.15) is 0 Å². The molecule has 0 saturated carbocycles. The minimum absolute atomic E-state index is 0.00637. The van der Waals surface area contributed by atoms with Crippen LogP contribution in [0, 0.1) is 10.1 Å². The van der Waals surface area contributed by atoms with Gasteiger partial charge in [-0.05, 0) is 30.3 Å². The Bertz CT molecular complexity index is 773. The number of ether oxygens (including phenoxy) is 3. The molecule has 23 heavy (non-hydrogen) atoms. The van der Waals surface area contributed by atoms with Crippen molar-refractivity contribution in [3.63, 3.8) is 0 Å². The predicted octanol–water partition coefficient (Wildman–Crippen LogP) is 4.30. The van der Waals surface area contributed by atoms with Crippen LogP contribution in [0.2, 0.25) is 5.02 Å². The van der Waals surface area contributed by atoms with Gasteiger partial charge in [0.05, 0.1) is 17.6 Å². The van der Waals surface area contributed by atoms with Crippen LogP contribution in [-0.2, 0) is 9.47 Å². The number of rotatable bonds is 4. The number of nitro benzene ring substituents is 1. The van der Waals surface area contributed by atoms with Crippen LogP contribution in [0.3, 0.4) is 0 Å². The van der Waals surface area contributed by atoms with E-state index in [9.17, 15) is 10.1 Å². The number of nitro groups is 1. The van der Waals surface area contributed by atoms with Crippen molar-refractivity contribution in [2.24, 2.45) is 0 Å². The van der Waals surface area contributed by atoms with Crippen LogP contribution in [0.4, 0.5) is 5.69 Å². The first-order valence-electron chi connectivity index (χ1n) is 6.69. The van der Waals surface area contributed by atoms with Gasteiger partial charge in [0, 0.05) is 11.6 Å². The molecule has 1 unspecified atom stereocenters. The van der Waals surface area contributed by atoms with E-state index in [1.165, 1.54) is 18.4 Å². The molecule has 2 aromatic carbocycles. The van der Waals surface area contributed by atoms with Gasteiger partial charge in [-0.1, -0.05) is 17.7 Å². The Balaban J connectivity index is 1.81. The zero-order valence-corrected chi connectivity index (χ0v) is 12.8. The van der Waals surface area contributed by atoms with E-state index in [4.69, 9.17) is 25.8 Å². The molecule has 7 heteroatoms. The molecule has 2 aromatic rings. The van der Waals surface area contributed by atoms with Crippen molar-refractivity contribution < 1.29 is 19.1 Å². The van der Waals surface area contributed by atoms with E-state index in [-0.39, 0.29) is 10.7 Å². The zero-order chi connectivity index (χ0) is 16.4. The van der Waals surface area contributed by atoms with Gasteiger partial charge in [-0.15, -0.1) is 0 Å². The van der Waals surface area contributed by atoms with Crippen molar-refractivity contribution in [3.8, 4) is 5.75 Å². The summed E-state index contributed by atoms with van der Waals surface area (Å²) in [6, 6.07) is 11.7. The summed E-state index contributed by atoms with van der Waals surface area (Å²) in [5.41, 5.74) is 1.02. The molecule has 1 aliphatic rings. The highest BCUT2D eigenvalue weighted by Gasteiger charge is 2.28. The summed E-state index contributed by atoms with van der Waals surface area (Å²) in [7, 11) is 1.59. The van der Waals surface area contributed by atoms with Gasteiger partial charge in [0.25, 0.3) is 12.0 Å². The lowest BCUT2D eigenvalue weighted by Crippen LogP contribution is -2.02. The monoisotopic (exact) mass is 333 g/mol. The van der Waals surface area contributed by atoms with Crippen molar-refractivity contribution >= 4 is 23.0 Å². The second kappa shape index (κ2) is 6.18. The molecule has 1 aliphatic heterocycles. The highest BCUT2D eigenvalue weighted by molar-refractivity contribution is 6.33. The molecular weight excluding hydrogens is 322 g/mol. The smallest absolute Gasteiger partial charge is 0.288 e. The van der Waals surface area contributed by atoms with Crippen LogP contribution < -0.4 is 4.74 Å². The lowest BCUT2D eigenvalue weighted by Gasteiger charge is -2.13. The maximum atomic E-state index is 10.9. The van der Waals surface area contributed by atoms with Crippen LogP contribution in [0.5, 0.6) is 5.75 Å². The number of methoxy groups -OCH3 is 1. The summed E-state index contributed by atoms with van der Waals surface area (Å²) in [6.45, 7) is 0. The van der Waals surface area contributed by atoms with Gasteiger partial charge < -0.3 is 14.2 Å². The quantitative estimate of drug-likeness (QED) is 0.616. The number of benzene rings is 2. The standard InChI is InChI=1S/C16H12ClNO5/c1-21-11-7-5-10(6-8-11)14-9-22-16(23-14)12-3-2-4-13(15(12)17)18(19)20/h2-9,16H,1H3. The summed E-state index contributed by atoms with van der Waals surface area (Å²) in [5.74, 6) is 1.24. The third-order valence-corrected chi connectivity index (χ3v) is 3.78. The number of hydrogen-bond acceptors (Lipinski definition) is 5. The molecule has 0 aliphatic carbocycles. The molecule has 0 aromatic heterocycles. The van der Waals surface area contributed by atoms with E-state index in [1.807, 2.05) is 12.1 Å². The fourth-order valence-corrected chi connectivity index (χ4v) is 2.47. The van der Waals surface area contributed by atoms with Crippen molar-refractivity contribution in [2.45, 2.75) is 6.29 Å². The van der Waals surface area contributed by atoms with Crippen molar-refractivity contribution in [2.75, 3.05) is 7.11 Å². The average Bonchev–Trinajstić information content (AvgIpc) is 3.04. The summed E-state index contributed by atoms with van der Waals surface area (Å²) in [5, 5.41) is 11.0. The van der Waals surface area contributed by atoms with Crippen molar-refractivity contribution in [1.82, 2.24) is 0 Å². The maximum Gasteiger partial charge on any atom is 0.288 e. The third-order valence-electron chi connectivity index (χ3n) is 3.37. The summed E-state index contributed by atoms with van der Waals surface area (Å²) >= 11 is 6.08. The van der Waals surface area contributed by atoms with E-state index in [0.29, 0.717) is 11.3 Å². The minimum atomic E-state index is -0.820. The lowest BCUT2D eigenvalue weighted by atomic mass is 10.2. The van der Waals surface area contributed by atoms with E-state index in [1.54, 1.807) is 25.3 Å². The normalized spacial score (nSPS) is 16.3. The van der Waals surface area contributed by atoms with Crippen molar-refractivity contribution in [1.29, 1.82) is 0 Å². The number of halogens is 1. The lowest BCUT2D eigenvalue weighted by molar-refractivity contribution is -0.384. The highest BCUT2D eigenvalue weighted by Crippen LogP contribution is 2.39. The largest absolute Gasteiger partial charge is 0.497 e. The Kier molecular flexibility index (Phi) is 4.08. The first-order valence-corrected chi connectivity index (χ1v) is 7.07. The minimum Gasteiger partial charge on any atom is -0.497 e. The Hall–Kier alpha value is -2.73. The first kappa shape index (κ1) is 15.2. The Morgan fingerprint density at radius 2 is 1.96 bits per heavy atom. The molecule has 1 atom stereocenters. The molecule has 0 bridgehead atoms. The fraction of sp³-hybridized carbons (Fsp3) is 0.125. The molecule has 0 saturated heterocycles. The summed E-state index contributed by atoms with van der Waals surface area (Å²) < 4.78 is 16.3. The molecule has 118 valence electrons. The average molecular weight is 334 g/mol. The van der Waals surface area contributed by atoms with Crippen LogP contribution >= 0.6 is 11.6 Å². The Labute approximate surface area is 137 Å². The van der Waals surface area contributed by atoms with E-state index in [2.05, 4.69) is 0 Å². The molecule has 0 radical (unpaired) electrons. The van der Waals surface area contributed by atoms with Gasteiger partial charge in [0.2, 0.25) is 0 Å². The summed E-state index contributed by atoms with van der Waals surface area (Å²) in [6.07, 6.45) is 0.640. The SMILES string of the molecule is COc1ccc(C2=COC(c3cccc([N+](=O)[O-])c3Cl)O2)cc1. The highest BCUT2D eigenvalue weighted by atomic mass is 35.5. The molecule has 0 spiro atoms. The molecular formula is C16H12ClNO5. The Morgan fingerprint density at radius 1 is 1.22 bits per heavy atom. The molecule has 1 heterocycles. The van der Waals surface area contributed by atoms with Gasteiger partial charge in [-0.3, -0.25) is 10.1 Å². The van der Waals surface area contributed by atoms with Gasteiger partial charge in [0.1, 0.15) is 17.0 Å². The topological polar surface area (TPSA) is 70.8 Å². The molecule has 3 rings (SSSR count).